The van der Waals surface area contributed by atoms with Crippen LogP contribution in [0.2, 0.25) is 0 Å². The third kappa shape index (κ3) is 5.23. The molecule has 0 saturated carbocycles. The quantitative estimate of drug-likeness (QED) is 0.710. The molecule has 2 nitrogen and oxygen atoms in total. The van der Waals surface area contributed by atoms with Crippen LogP contribution in [0.5, 0.6) is 0 Å². The normalized spacial score (nSPS) is 25.4. The first-order chi connectivity index (χ1) is 7.24. The minimum absolute atomic E-state index is 0.142. The highest BCUT2D eigenvalue weighted by Gasteiger charge is 2.22. The maximum absolute atomic E-state index is 9.46. The maximum atomic E-state index is 9.46. The lowest BCUT2D eigenvalue weighted by Gasteiger charge is -2.36. The van der Waals surface area contributed by atoms with Crippen LogP contribution in [0.15, 0.2) is 0 Å². The SMILES string of the molecule is CSCCCN1CCCCC1CC(C)O. The predicted molar refractivity (Wildman–Crippen MR) is 68.5 cm³/mol. The van der Waals surface area contributed by atoms with Crippen molar-refractivity contribution in [2.45, 2.75) is 51.2 Å². The summed E-state index contributed by atoms with van der Waals surface area (Å²) in [6.07, 6.45) is 8.24. The summed E-state index contributed by atoms with van der Waals surface area (Å²) >= 11 is 1.93. The van der Waals surface area contributed by atoms with Gasteiger partial charge in [0.1, 0.15) is 0 Å². The smallest absolute Gasteiger partial charge is 0.0527 e. The number of hydrogen-bond acceptors (Lipinski definition) is 3. The number of nitrogens with zero attached hydrogens (tertiary/aromatic N) is 1. The second-order valence-corrected chi connectivity index (χ2v) is 5.60. The van der Waals surface area contributed by atoms with Gasteiger partial charge in [-0.2, -0.15) is 11.8 Å². The Labute approximate surface area is 98.4 Å². The summed E-state index contributed by atoms with van der Waals surface area (Å²) in [4.78, 5) is 2.59. The summed E-state index contributed by atoms with van der Waals surface area (Å²) in [5, 5.41) is 9.46. The average Bonchev–Trinajstić information content (AvgIpc) is 2.20. The van der Waals surface area contributed by atoms with Crippen molar-refractivity contribution in [1.29, 1.82) is 0 Å². The molecule has 0 radical (unpaired) electrons. The van der Waals surface area contributed by atoms with E-state index in [-0.39, 0.29) is 6.10 Å². The minimum atomic E-state index is -0.142. The van der Waals surface area contributed by atoms with Gasteiger partial charge in [0, 0.05) is 6.04 Å². The van der Waals surface area contributed by atoms with Gasteiger partial charge in [-0.1, -0.05) is 6.42 Å². The van der Waals surface area contributed by atoms with Crippen LogP contribution >= 0.6 is 11.8 Å². The van der Waals surface area contributed by atoms with Gasteiger partial charge in [0.2, 0.25) is 0 Å². The fourth-order valence-corrected chi connectivity index (χ4v) is 2.84. The molecule has 1 N–H and O–H groups in total. The van der Waals surface area contributed by atoms with Gasteiger partial charge in [-0.25, -0.2) is 0 Å². The molecule has 1 saturated heterocycles. The van der Waals surface area contributed by atoms with E-state index in [1.165, 1.54) is 44.5 Å². The highest BCUT2D eigenvalue weighted by atomic mass is 32.2. The van der Waals surface area contributed by atoms with Crippen molar-refractivity contribution < 1.29 is 5.11 Å². The Morgan fingerprint density at radius 1 is 1.47 bits per heavy atom. The van der Waals surface area contributed by atoms with Crippen LogP contribution in [0.25, 0.3) is 0 Å². The molecule has 0 aliphatic carbocycles. The summed E-state index contributed by atoms with van der Waals surface area (Å²) in [5.74, 6) is 1.26. The second-order valence-electron chi connectivity index (χ2n) is 4.62. The Balaban J connectivity index is 2.29. The van der Waals surface area contributed by atoms with Crippen molar-refractivity contribution in [1.82, 2.24) is 4.90 Å². The first-order valence-corrected chi connectivity index (χ1v) is 7.54. The number of aliphatic hydroxyl groups excluding tert-OH is 1. The number of likely N-dealkylation sites (tertiary alicyclic amines) is 1. The van der Waals surface area contributed by atoms with Crippen LogP contribution in [0, 0.1) is 0 Å². The topological polar surface area (TPSA) is 23.5 Å². The standard InChI is InChI=1S/C12H25NOS/c1-11(14)10-12-6-3-4-7-13(12)8-5-9-15-2/h11-12,14H,3-10H2,1-2H3. The molecule has 3 heteroatoms. The van der Waals surface area contributed by atoms with E-state index in [0.29, 0.717) is 6.04 Å². The molecule has 0 spiro atoms. The third-order valence-electron chi connectivity index (χ3n) is 3.16. The first-order valence-electron chi connectivity index (χ1n) is 6.15. The zero-order chi connectivity index (χ0) is 11.1. The molecular formula is C12H25NOS. The lowest BCUT2D eigenvalue weighted by molar-refractivity contribution is 0.0872. The van der Waals surface area contributed by atoms with E-state index in [4.69, 9.17) is 0 Å². The van der Waals surface area contributed by atoms with Gasteiger partial charge in [0.05, 0.1) is 6.10 Å². The first kappa shape index (κ1) is 13.3. The summed E-state index contributed by atoms with van der Waals surface area (Å²) in [5.41, 5.74) is 0. The molecule has 1 aliphatic rings. The van der Waals surface area contributed by atoms with E-state index < -0.39 is 0 Å². The van der Waals surface area contributed by atoms with E-state index in [2.05, 4.69) is 11.2 Å². The van der Waals surface area contributed by atoms with Crippen molar-refractivity contribution in [2.75, 3.05) is 25.1 Å². The van der Waals surface area contributed by atoms with Gasteiger partial charge < -0.3 is 10.0 Å². The minimum Gasteiger partial charge on any atom is -0.393 e. The van der Waals surface area contributed by atoms with E-state index in [9.17, 15) is 5.11 Å². The van der Waals surface area contributed by atoms with Crippen LogP contribution in [0.1, 0.15) is 39.0 Å². The zero-order valence-corrected chi connectivity index (χ0v) is 10.9. The van der Waals surface area contributed by atoms with Crippen molar-refractivity contribution in [3.63, 3.8) is 0 Å². The molecule has 15 heavy (non-hydrogen) atoms. The molecule has 0 aromatic heterocycles. The number of piperidine rings is 1. The van der Waals surface area contributed by atoms with Gasteiger partial charge in [-0.3, -0.25) is 0 Å². The van der Waals surface area contributed by atoms with E-state index in [0.717, 1.165) is 6.42 Å². The van der Waals surface area contributed by atoms with Gasteiger partial charge in [-0.05, 0) is 57.7 Å². The van der Waals surface area contributed by atoms with Crippen LogP contribution in [0.3, 0.4) is 0 Å². The van der Waals surface area contributed by atoms with Gasteiger partial charge >= 0.3 is 0 Å². The van der Waals surface area contributed by atoms with Crippen LogP contribution in [-0.4, -0.2) is 47.3 Å². The van der Waals surface area contributed by atoms with Crippen molar-refractivity contribution in [3.8, 4) is 0 Å². The summed E-state index contributed by atoms with van der Waals surface area (Å²) < 4.78 is 0. The molecule has 2 atom stereocenters. The molecule has 1 fully saturated rings. The second kappa shape index (κ2) is 7.53. The highest BCUT2D eigenvalue weighted by Crippen LogP contribution is 2.21. The highest BCUT2D eigenvalue weighted by molar-refractivity contribution is 7.98. The summed E-state index contributed by atoms with van der Waals surface area (Å²) in [6.45, 7) is 4.37. The fraction of sp³-hybridized carbons (Fsp3) is 1.00. The predicted octanol–water partition coefficient (Wildman–Crippen LogP) is 2.36. The number of hydrogen-bond donors (Lipinski definition) is 1. The van der Waals surface area contributed by atoms with Gasteiger partial charge in [-0.15, -0.1) is 0 Å². The Hall–Kier alpha value is 0.270. The Kier molecular flexibility index (Phi) is 6.69. The zero-order valence-electron chi connectivity index (χ0n) is 10.1. The van der Waals surface area contributed by atoms with E-state index >= 15 is 0 Å². The molecule has 0 bridgehead atoms. The molecule has 0 aromatic carbocycles. The Morgan fingerprint density at radius 2 is 2.27 bits per heavy atom. The largest absolute Gasteiger partial charge is 0.393 e. The van der Waals surface area contributed by atoms with Gasteiger partial charge in [0.15, 0.2) is 0 Å². The van der Waals surface area contributed by atoms with Crippen LogP contribution < -0.4 is 0 Å². The number of rotatable bonds is 6. The van der Waals surface area contributed by atoms with Crippen molar-refractivity contribution >= 4 is 11.8 Å². The Morgan fingerprint density at radius 3 is 2.93 bits per heavy atom. The van der Waals surface area contributed by atoms with Crippen LogP contribution in [-0.2, 0) is 0 Å². The number of thioether (sulfide) groups is 1. The lowest BCUT2D eigenvalue weighted by Crippen LogP contribution is -2.41. The molecule has 2 unspecified atom stereocenters. The average molecular weight is 231 g/mol. The van der Waals surface area contributed by atoms with Crippen molar-refractivity contribution in [2.24, 2.45) is 0 Å². The van der Waals surface area contributed by atoms with Crippen molar-refractivity contribution in [3.05, 3.63) is 0 Å². The van der Waals surface area contributed by atoms with Gasteiger partial charge in [0.25, 0.3) is 0 Å². The Bertz CT molecular complexity index is 164. The number of aliphatic hydroxyl groups is 1. The fourth-order valence-electron chi connectivity index (χ4n) is 2.43. The van der Waals surface area contributed by atoms with E-state index in [1.807, 2.05) is 18.7 Å². The molecule has 0 amide bonds. The summed E-state index contributed by atoms with van der Waals surface area (Å²) in [7, 11) is 0. The van der Waals surface area contributed by atoms with Crippen LogP contribution in [0.4, 0.5) is 0 Å². The molecule has 0 aromatic rings. The third-order valence-corrected chi connectivity index (χ3v) is 3.85. The monoisotopic (exact) mass is 231 g/mol. The molecule has 90 valence electrons. The molecular weight excluding hydrogens is 206 g/mol. The molecule has 1 rings (SSSR count). The molecule has 1 aliphatic heterocycles. The lowest BCUT2D eigenvalue weighted by atomic mass is 9.97. The maximum Gasteiger partial charge on any atom is 0.0527 e. The molecule has 1 heterocycles. The van der Waals surface area contributed by atoms with E-state index in [1.54, 1.807) is 0 Å². The summed E-state index contributed by atoms with van der Waals surface area (Å²) in [6, 6.07) is 0.639.